The van der Waals surface area contributed by atoms with Crippen molar-refractivity contribution in [2.75, 3.05) is 18.8 Å². The molecule has 2 amide bonds. The Labute approximate surface area is 183 Å². The number of thioether (sulfide) groups is 1. The lowest BCUT2D eigenvalue weighted by Crippen LogP contribution is -2.47. The maximum Gasteiger partial charge on any atom is 0.259 e. The molecule has 0 bridgehead atoms. The fourth-order valence-corrected chi connectivity index (χ4v) is 6.45. The van der Waals surface area contributed by atoms with Crippen molar-refractivity contribution in [2.24, 2.45) is 5.92 Å². The molecule has 1 saturated carbocycles. The Morgan fingerprint density at radius 1 is 1.20 bits per heavy atom. The second kappa shape index (κ2) is 8.34. The SMILES string of the molecule is O=C(NC1CCN(C(=O)CSCc2nc3sc4c(c3c(=O)[nH]2)CCC4)CC1)C1CC1. The van der Waals surface area contributed by atoms with Gasteiger partial charge in [0, 0.05) is 29.9 Å². The van der Waals surface area contributed by atoms with E-state index in [4.69, 9.17) is 0 Å². The molecule has 0 unspecified atom stereocenters. The van der Waals surface area contributed by atoms with Crippen LogP contribution in [0.1, 0.15) is 48.4 Å². The number of piperidine rings is 1. The number of aromatic amines is 1. The van der Waals surface area contributed by atoms with E-state index >= 15 is 0 Å². The Morgan fingerprint density at radius 2 is 2.00 bits per heavy atom. The van der Waals surface area contributed by atoms with Crippen LogP contribution in [0.5, 0.6) is 0 Å². The van der Waals surface area contributed by atoms with Gasteiger partial charge in [-0.1, -0.05) is 0 Å². The molecule has 160 valence electrons. The molecule has 2 aromatic heterocycles. The van der Waals surface area contributed by atoms with Crippen LogP contribution in [-0.4, -0.2) is 51.6 Å². The number of rotatable bonds is 6. The highest BCUT2D eigenvalue weighted by atomic mass is 32.2. The summed E-state index contributed by atoms with van der Waals surface area (Å²) in [5.74, 6) is 2.08. The number of nitrogens with one attached hydrogen (secondary N) is 2. The summed E-state index contributed by atoms with van der Waals surface area (Å²) in [6, 6.07) is 0.197. The maximum absolute atomic E-state index is 12.5. The fourth-order valence-electron chi connectivity index (χ4n) is 4.38. The van der Waals surface area contributed by atoms with E-state index in [9.17, 15) is 14.4 Å². The minimum Gasteiger partial charge on any atom is -0.353 e. The number of fused-ring (bicyclic) bond motifs is 3. The van der Waals surface area contributed by atoms with Gasteiger partial charge in [-0.3, -0.25) is 14.4 Å². The highest BCUT2D eigenvalue weighted by Gasteiger charge is 2.32. The number of H-pyrrole nitrogens is 1. The smallest absolute Gasteiger partial charge is 0.259 e. The zero-order chi connectivity index (χ0) is 20.7. The third-order valence-electron chi connectivity index (χ3n) is 6.23. The molecule has 0 spiro atoms. The molecule has 0 radical (unpaired) electrons. The zero-order valence-electron chi connectivity index (χ0n) is 16.9. The van der Waals surface area contributed by atoms with Gasteiger partial charge in [-0.15, -0.1) is 23.1 Å². The first kappa shape index (κ1) is 20.1. The van der Waals surface area contributed by atoms with E-state index in [1.807, 2.05) is 4.90 Å². The van der Waals surface area contributed by atoms with Crippen LogP contribution in [0.3, 0.4) is 0 Å². The molecule has 5 rings (SSSR count). The van der Waals surface area contributed by atoms with Crippen molar-refractivity contribution in [1.82, 2.24) is 20.2 Å². The van der Waals surface area contributed by atoms with Gasteiger partial charge in [-0.2, -0.15) is 0 Å². The average Bonchev–Trinajstić information content (AvgIpc) is 3.39. The van der Waals surface area contributed by atoms with Crippen molar-refractivity contribution >= 4 is 45.1 Å². The van der Waals surface area contributed by atoms with Crippen molar-refractivity contribution in [2.45, 2.75) is 56.7 Å². The van der Waals surface area contributed by atoms with E-state index in [0.29, 0.717) is 30.4 Å². The predicted molar refractivity (Wildman–Crippen MR) is 119 cm³/mol. The summed E-state index contributed by atoms with van der Waals surface area (Å²) in [4.78, 5) is 48.5. The number of carbonyl (C=O) groups is 2. The molecule has 30 heavy (non-hydrogen) atoms. The summed E-state index contributed by atoms with van der Waals surface area (Å²) >= 11 is 3.13. The van der Waals surface area contributed by atoms with Crippen LogP contribution >= 0.6 is 23.1 Å². The van der Waals surface area contributed by atoms with Crippen LogP contribution in [0.4, 0.5) is 0 Å². The molecule has 7 nitrogen and oxygen atoms in total. The largest absolute Gasteiger partial charge is 0.353 e. The van der Waals surface area contributed by atoms with Crippen molar-refractivity contribution < 1.29 is 9.59 Å². The first-order valence-electron chi connectivity index (χ1n) is 10.8. The van der Waals surface area contributed by atoms with Gasteiger partial charge in [0.15, 0.2) is 0 Å². The third-order valence-corrected chi connectivity index (χ3v) is 8.34. The second-order valence-corrected chi connectivity index (χ2v) is 10.6. The molecule has 3 heterocycles. The van der Waals surface area contributed by atoms with E-state index in [0.717, 1.165) is 55.2 Å². The average molecular weight is 447 g/mol. The predicted octanol–water partition coefficient (Wildman–Crippen LogP) is 2.22. The minimum atomic E-state index is -0.0448. The standard InChI is InChI=1S/C21H26N4O3S2/c26-17(25-8-6-13(7-9-25)22-19(27)12-4-5-12)11-29-10-16-23-20(28)18-14-2-1-3-15(14)30-21(18)24-16/h12-13H,1-11H2,(H,22,27)(H,23,24,28). The van der Waals surface area contributed by atoms with E-state index in [1.54, 1.807) is 11.3 Å². The number of aromatic nitrogens is 2. The molecule has 2 fully saturated rings. The molecule has 3 aliphatic rings. The number of carbonyl (C=O) groups excluding carboxylic acids is 2. The molecule has 2 aromatic rings. The van der Waals surface area contributed by atoms with Crippen molar-refractivity contribution in [3.8, 4) is 0 Å². The summed E-state index contributed by atoms with van der Waals surface area (Å²) in [5, 5.41) is 3.89. The lowest BCUT2D eigenvalue weighted by molar-refractivity contribution is -0.129. The van der Waals surface area contributed by atoms with Gasteiger partial charge in [0.25, 0.3) is 5.56 Å². The topological polar surface area (TPSA) is 95.2 Å². The number of amides is 2. The van der Waals surface area contributed by atoms with Crippen LogP contribution in [0.25, 0.3) is 10.2 Å². The van der Waals surface area contributed by atoms with Gasteiger partial charge in [-0.25, -0.2) is 4.98 Å². The minimum absolute atomic E-state index is 0.0448. The van der Waals surface area contributed by atoms with E-state index in [-0.39, 0.29) is 29.3 Å². The summed E-state index contributed by atoms with van der Waals surface area (Å²) in [5.41, 5.74) is 1.14. The highest BCUT2D eigenvalue weighted by Crippen LogP contribution is 2.34. The van der Waals surface area contributed by atoms with E-state index in [1.165, 1.54) is 22.2 Å². The molecular formula is C21H26N4O3S2. The molecule has 2 aliphatic carbocycles. The molecule has 9 heteroatoms. The Bertz CT molecular complexity index is 1030. The highest BCUT2D eigenvalue weighted by molar-refractivity contribution is 7.99. The van der Waals surface area contributed by atoms with Crippen LogP contribution in [-0.2, 0) is 28.2 Å². The maximum atomic E-state index is 12.5. The monoisotopic (exact) mass is 446 g/mol. The number of aryl methyl sites for hydroxylation is 2. The molecule has 1 saturated heterocycles. The van der Waals surface area contributed by atoms with Crippen LogP contribution in [0, 0.1) is 5.92 Å². The van der Waals surface area contributed by atoms with Gasteiger partial charge in [0.1, 0.15) is 10.7 Å². The first-order chi connectivity index (χ1) is 14.6. The Balaban J connectivity index is 1.11. The summed E-state index contributed by atoms with van der Waals surface area (Å²) in [7, 11) is 0. The third kappa shape index (κ3) is 4.14. The van der Waals surface area contributed by atoms with Crippen molar-refractivity contribution in [1.29, 1.82) is 0 Å². The molecule has 2 N–H and O–H groups in total. The van der Waals surface area contributed by atoms with E-state index in [2.05, 4.69) is 15.3 Å². The van der Waals surface area contributed by atoms with Gasteiger partial charge in [0.2, 0.25) is 11.8 Å². The van der Waals surface area contributed by atoms with E-state index < -0.39 is 0 Å². The number of thiophene rings is 1. The van der Waals surface area contributed by atoms with Crippen LogP contribution < -0.4 is 10.9 Å². The Hall–Kier alpha value is -1.87. The molecule has 1 aliphatic heterocycles. The van der Waals surface area contributed by atoms with Crippen molar-refractivity contribution in [3.63, 3.8) is 0 Å². The zero-order valence-corrected chi connectivity index (χ0v) is 18.5. The fraction of sp³-hybridized carbons (Fsp3) is 0.619. The summed E-state index contributed by atoms with van der Waals surface area (Å²) in [6.07, 6.45) is 6.83. The van der Waals surface area contributed by atoms with Crippen LogP contribution in [0.15, 0.2) is 4.79 Å². The van der Waals surface area contributed by atoms with Crippen molar-refractivity contribution in [3.05, 3.63) is 26.6 Å². The molecular weight excluding hydrogens is 420 g/mol. The Morgan fingerprint density at radius 3 is 2.77 bits per heavy atom. The number of likely N-dealkylation sites (tertiary alicyclic amines) is 1. The van der Waals surface area contributed by atoms with Gasteiger partial charge in [0.05, 0.1) is 16.9 Å². The number of hydrogen-bond donors (Lipinski definition) is 2. The number of nitrogens with zero attached hydrogens (tertiary/aromatic N) is 2. The first-order valence-corrected chi connectivity index (χ1v) is 12.7. The quantitative estimate of drug-likeness (QED) is 0.710. The molecule has 0 aromatic carbocycles. The van der Waals surface area contributed by atoms with Crippen LogP contribution in [0.2, 0.25) is 0 Å². The lowest BCUT2D eigenvalue weighted by Gasteiger charge is -2.32. The second-order valence-electron chi connectivity index (χ2n) is 8.48. The normalized spacial score (nSPS) is 19.3. The van der Waals surface area contributed by atoms with Gasteiger partial charge >= 0.3 is 0 Å². The summed E-state index contributed by atoms with van der Waals surface area (Å²) in [6.45, 7) is 1.38. The lowest BCUT2D eigenvalue weighted by atomic mass is 10.0. The number of hydrogen-bond acceptors (Lipinski definition) is 6. The molecule has 0 atom stereocenters. The summed E-state index contributed by atoms with van der Waals surface area (Å²) < 4.78 is 0. The Kier molecular flexibility index (Phi) is 5.58. The van der Waals surface area contributed by atoms with Gasteiger partial charge < -0.3 is 15.2 Å². The van der Waals surface area contributed by atoms with Gasteiger partial charge in [-0.05, 0) is 50.5 Å².